The van der Waals surface area contributed by atoms with Gasteiger partial charge in [-0.15, -0.1) is 0 Å². The SMILES string of the molecule is CCCCOCCNC(=NCC(c1ccc(F)cc1)N1CCOCC1)NCC. The van der Waals surface area contributed by atoms with Crippen LogP contribution in [0.2, 0.25) is 0 Å². The van der Waals surface area contributed by atoms with Crippen LogP contribution in [-0.4, -0.2) is 70.0 Å². The second-order valence-corrected chi connectivity index (χ2v) is 6.83. The molecule has 28 heavy (non-hydrogen) atoms. The van der Waals surface area contributed by atoms with E-state index in [1.165, 1.54) is 12.1 Å². The highest BCUT2D eigenvalue weighted by Gasteiger charge is 2.22. The van der Waals surface area contributed by atoms with Gasteiger partial charge in [-0.2, -0.15) is 0 Å². The zero-order chi connectivity index (χ0) is 20.0. The summed E-state index contributed by atoms with van der Waals surface area (Å²) in [6.07, 6.45) is 2.23. The van der Waals surface area contributed by atoms with Gasteiger partial charge in [0, 0.05) is 32.8 Å². The van der Waals surface area contributed by atoms with Crippen LogP contribution < -0.4 is 10.6 Å². The molecule has 1 fully saturated rings. The zero-order valence-corrected chi connectivity index (χ0v) is 17.3. The van der Waals surface area contributed by atoms with E-state index < -0.39 is 0 Å². The van der Waals surface area contributed by atoms with Gasteiger partial charge in [-0.25, -0.2) is 4.39 Å². The number of guanidine groups is 1. The van der Waals surface area contributed by atoms with Crippen molar-refractivity contribution in [3.63, 3.8) is 0 Å². The summed E-state index contributed by atoms with van der Waals surface area (Å²) in [5.74, 6) is 0.563. The second kappa shape index (κ2) is 13.5. The molecule has 0 spiro atoms. The Morgan fingerprint density at radius 3 is 2.61 bits per heavy atom. The van der Waals surface area contributed by atoms with E-state index in [4.69, 9.17) is 14.5 Å². The molecule has 7 heteroatoms. The van der Waals surface area contributed by atoms with Crippen molar-refractivity contribution in [2.24, 2.45) is 4.99 Å². The van der Waals surface area contributed by atoms with Gasteiger partial charge in [0.2, 0.25) is 0 Å². The van der Waals surface area contributed by atoms with Gasteiger partial charge in [0.25, 0.3) is 0 Å². The molecule has 2 rings (SSSR count). The maximum absolute atomic E-state index is 13.4. The smallest absolute Gasteiger partial charge is 0.191 e. The number of nitrogens with one attached hydrogen (secondary N) is 2. The monoisotopic (exact) mass is 394 g/mol. The van der Waals surface area contributed by atoms with E-state index in [2.05, 4.69) is 22.5 Å². The van der Waals surface area contributed by atoms with Crippen molar-refractivity contribution in [2.75, 3.05) is 59.2 Å². The average Bonchev–Trinajstić information content (AvgIpc) is 2.72. The Labute approximate surface area is 168 Å². The highest BCUT2D eigenvalue weighted by atomic mass is 19.1. The molecule has 0 saturated carbocycles. The van der Waals surface area contributed by atoms with Crippen LogP contribution in [0.3, 0.4) is 0 Å². The maximum atomic E-state index is 13.4. The van der Waals surface area contributed by atoms with Crippen molar-refractivity contribution in [3.8, 4) is 0 Å². The van der Waals surface area contributed by atoms with Crippen molar-refractivity contribution >= 4 is 5.96 Å². The second-order valence-electron chi connectivity index (χ2n) is 6.83. The molecule has 0 amide bonds. The lowest BCUT2D eigenvalue weighted by atomic mass is 10.0. The van der Waals surface area contributed by atoms with Gasteiger partial charge in [0.15, 0.2) is 5.96 Å². The lowest BCUT2D eigenvalue weighted by Gasteiger charge is -2.34. The Balaban J connectivity index is 1.97. The molecule has 1 unspecified atom stereocenters. The number of aliphatic imine (C=N–C) groups is 1. The standard InChI is InChI=1S/C21H35FN4O2/c1-3-5-13-27-14-10-24-21(23-4-2)25-17-20(26-11-15-28-16-12-26)18-6-8-19(22)9-7-18/h6-9,20H,3-5,10-17H2,1-2H3,(H2,23,24,25). The number of hydrogen-bond acceptors (Lipinski definition) is 4. The van der Waals surface area contributed by atoms with Crippen LogP contribution in [0.1, 0.15) is 38.3 Å². The number of morpholine rings is 1. The third kappa shape index (κ3) is 8.12. The van der Waals surface area contributed by atoms with Gasteiger partial charge in [-0.3, -0.25) is 9.89 Å². The number of nitrogens with zero attached hydrogens (tertiary/aromatic N) is 2. The molecule has 1 aliphatic rings. The summed E-state index contributed by atoms with van der Waals surface area (Å²) in [6.45, 7) is 10.9. The van der Waals surface area contributed by atoms with Gasteiger partial charge < -0.3 is 20.1 Å². The van der Waals surface area contributed by atoms with Crippen LogP contribution in [-0.2, 0) is 9.47 Å². The summed E-state index contributed by atoms with van der Waals surface area (Å²) in [5.41, 5.74) is 1.07. The Morgan fingerprint density at radius 2 is 1.93 bits per heavy atom. The fourth-order valence-electron chi connectivity index (χ4n) is 3.12. The Bertz CT molecular complexity index is 562. The van der Waals surface area contributed by atoms with Crippen molar-refractivity contribution in [1.29, 1.82) is 0 Å². The van der Waals surface area contributed by atoms with Gasteiger partial charge in [-0.1, -0.05) is 25.5 Å². The van der Waals surface area contributed by atoms with Gasteiger partial charge >= 0.3 is 0 Å². The molecular weight excluding hydrogens is 359 g/mol. The molecule has 6 nitrogen and oxygen atoms in total. The number of hydrogen-bond donors (Lipinski definition) is 2. The molecule has 0 bridgehead atoms. The number of ether oxygens (including phenoxy) is 2. The minimum atomic E-state index is -0.217. The van der Waals surface area contributed by atoms with Crippen molar-refractivity contribution < 1.29 is 13.9 Å². The molecule has 1 saturated heterocycles. The molecule has 1 aromatic rings. The Kier molecular flexibility index (Phi) is 10.9. The summed E-state index contributed by atoms with van der Waals surface area (Å²) in [7, 11) is 0. The molecule has 1 aromatic carbocycles. The van der Waals surface area contributed by atoms with Crippen LogP contribution in [0.4, 0.5) is 4.39 Å². The lowest BCUT2D eigenvalue weighted by molar-refractivity contribution is 0.0179. The van der Waals surface area contributed by atoms with Gasteiger partial charge in [0.1, 0.15) is 5.82 Å². The number of benzene rings is 1. The third-order valence-corrected chi connectivity index (χ3v) is 4.69. The Morgan fingerprint density at radius 1 is 1.18 bits per heavy atom. The van der Waals surface area contributed by atoms with Gasteiger partial charge in [0.05, 0.1) is 32.4 Å². The molecular formula is C21H35FN4O2. The van der Waals surface area contributed by atoms with E-state index in [1.54, 1.807) is 0 Å². The first-order valence-corrected chi connectivity index (χ1v) is 10.4. The minimum absolute atomic E-state index is 0.0979. The van der Waals surface area contributed by atoms with Crippen LogP contribution in [0.5, 0.6) is 0 Å². The summed E-state index contributed by atoms with van der Waals surface area (Å²) >= 11 is 0. The molecule has 1 atom stereocenters. The Hall–Kier alpha value is -1.70. The van der Waals surface area contributed by atoms with Gasteiger partial charge in [-0.05, 0) is 31.0 Å². The topological polar surface area (TPSA) is 58.1 Å². The van der Waals surface area contributed by atoms with E-state index in [9.17, 15) is 4.39 Å². The molecule has 0 radical (unpaired) electrons. The van der Waals surface area contributed by atoms with Crippen LogP contribution in [0.25, 0.3) is 0 Å². The quantitative estimate of drug-likeness (QED) is 0.343. The van der Waals surface area contributed by atoms with Crippen molar-refractivity contribution in [2.45, 2.75) is 32.7 Å². The lowest BCUT2D eigenvalue weighted by Crippen LogP contribution is -2.42. The molecule has 1 heterocycles. The largest absolute Gasteiger partial charge is 0.380 e. The predicted molar refractivity (Wildman–Crippen MR) is 111 cm³/mol. The minimum Gasteiger partial charge on any atom is -0.380 e. The van der Waals surface area contributed by atoms with E-state index in [1.807, 2.05) is 19.1 Å². The summed E-state index contributed by atoms with van der Waals surface area (Å²) in [6, 6.07) is 6.84. The van der Waals surface area contributed by atoms with Crippen molar-refractivity contribution in [3.05, 3.63) is 35.6 Å². The van der Waals surface area contributed by atoms with Crippen LogP contribution in [0, 0.1) is 5.82 Å². The number of unbranched alkanes of at least 4 members (excludes halogenated alkanes) is 1. The highest BCUT2D eigenvalue weighted by molar-refractivity contribution is 5.79. The number of halogens is 1. The predicted octanol–water partition coefficient (Wildman–Crippen LogP) is 2.57. The first-order valence-electron chi connectivity index (χ1n) is 10.4. The normalized spacial score (nSPS) is 16.8. The molecule has 158 valence electrons. The van der Waals surface area contributed by atoms with E-state index in [0.29, 0.717) is 19.7 Å². The third-order valence-electron chi connectivity index (χ3n) is 4.69. The fraction of sp³-hybridized carbons (Fsp3) is 0.667. The van der Waals surface area contributed by atoms with Crippen molar-refractivity contribution in [1.82, 2.24) is 15.5 Å². The molecule has 1 aliphatic heterocycles. The maximum Gasteiger partial charge on any atom is 0.191 e. The highest BCUT2D eigenvalue weighted by Crippen LogP contribution is 2.22. The molecule has 2 N–H and O–H groups in total. The van der Waals surface area contributed by atoms with E-state index in [0.717, 1.165) is 63.8 Å². The summed E-state index contributed by atoms with van der Waals surface area (Å²) < 4.78 is 24.5. The average molecular weight is 395 g/mol. The summed E-state index contributed by atoms with van der Waals surface area (Å²) in [4.78, 5) is 7.14. The van der Waals surface area contributed by atoms with E-state index in [-0.39, 0.29) is 11.9 Å². The molecule has 0 aromatic heterocycles. The molecule has 0 aliphatic carbocycles. The number of rotatable bonds is 11. The first kappa shape index (κ1) is 22.6. The van der Waals surface area contributed by atoms with E-state index >= 15 is 0 Å². The van der Waals surface area contributed by atoms with Crippen LogP contribution in [0.15, 0.2) is 29.3 Å². The fourth-order valence-corrected chi connectivity index (χ4v) is 3.12. The van der Waals surface area contributed by atoms with Crippen LogP contribution >= 0.6 is 0 Å². The zero-order valence-electron chi connectivity index (χ0n) is 17.3. The first-order chi connectivity index (χ1) is 13.7. The summed E-state index contributed by atoms with van der Waals surface area (Å²) in [5, 5.41) is 6.61.